The number of nitrogens with zero attached hydrogens (tertiary/aromatic N) is 4. The Morgan fingerprint density at radius 2 is 2.08 bits per heavy atom. The second-order valence-electron chi connectivity index (χ2n) is 6.45. The van der Waals surface area contributed by atoms with E-state index in [-0.39, 0.29) is 18.8 Å². The number of nitrogens with one attached hydrogen (secondary N) is 1. The monoisotopic (exact) mass is 339 g/mol. The number of aromatic nitrogens is 4. The summed E-state index contributed by atoms with van der Waals surface area (Å²) in [5.74, 6) is 1.14. The summed E-state index contributed by atoms with van der Waals surface area (Å²) in [5, 5.41) is 28.1. The molecule has 0 amide bonds. The van der Waals surface area contributed by atoms with Gasteiger partial charge >= 0.3 is 0 Å². The Hall–Kier alpha value is -2.51. The fourth-order valence-corrected chi connectivity index (χ4v) is 3.33. The van der Waals surface area contributed by atoms with Crippen LogP contribution >= 0.6 is 0 Å². The Kier molecular flexibility index (Phi) is 4.33. The summed E-state index contributed by atoms with van der Waals surface area (Å²) in [5.41, 5.74) is 1.71. The second-order valence-corrected chi connectivity index (χ2v) is 6.45. The molecule has 1 aliphatic carbocycles. The molecule has 130 valence electrons. The molecule has 4 rings (SSSR count). The van der Waals surface area contributed by atoms with Gasteiger partial charge in [0.15, 0.2) is 5.82 Å². The molecule has 1 fully saturated rings. The molecule has 0 aliphatic heterocycles. The van der Waals surface area contributed by atoms with E-state index in [0.717, 1.165) is 42.1 Å². The zero-order valence-corrected chi connectivity index (χ0v) is 13.8. The maximum atomic E-state index is 10.1. The number of hydrogen-bond acceptors (Lipinski definition) is 6. The van der Waals surface area contributed by atoms with E-state index in [1.165, 1.54) is 0 Å². The number of aliphatic hydroxyl groups is 2. The molecule has 2 aromatic heterocycles. The molecule has 1 aliphatic rings. The summed E-state index contributed by atoms with van der Waals surface area (Å²) >= 11 is 0. The summed E-state index contributed by atoms with van der Waals surface area (Å²) in [7, 11) is 0. The van der Waals surface area contributed by atoms with Crippen LogP contribution in [0.15, 0.2) is 36.7 Å². The van der Waals surface area contributed by atoms with E-state index in [1.807, 2.05) is 18.2 Å². The lowest BCUT2D eigenvalue weighted by Gasteiger charge is -2.28. The number of rotatable bonds is 4. The van der Waals surface area contributed by atoms with Crippen molar-refractivity contribution in [1.29, 1.82) is 0 Å². The Morgan fingerprint density at radius 3 is 2.92 bits per heavy atom. The minimum Gasteiger partial charge on any atom is -0.392 e. The van der Waals surface area contributed by atoms with E-state index >= 15 is 0 Å². The van der Waals surface area contributed by atoms with Crippen LogP contribution in [0.25, 0.3) is 16.7 Å². The molecule has 3 aromatic rings. The van der Waals surface area contributed by atoms with Gasteiger partial charge in [-0.2, -0.15) is 10.1 Å². The lowest BCUT2D eigenvalue weighted by molar-refractivity contribution is 0.116. The van der Waals surface area contributed by atoms with Crippen molar-refractivity contribution in [2.24, 2.45) is 0 Å². The topological polar surface area (TPSA) is 96.1 Å². The van der Waals surface area contributed by atoms with Crippen LogP contribution < -0.4 is 5.32 Å². The van der Waals surface area contributed by atoms with E-state index in [9.17, 15) is 10.2 Å². The first kappa shape index (κ1) is 16.0. The largest absolute Gasteiger partial charge is 0.392 e. The molecule has 25 heavy (non-hydrogen) atoms. The van der Waals surface area contributed by atoms with Crippen molar-refractivity contribution in [3.8, 4) is 5.82 Å². The molecule has 0 radical (unpaired) electrons. The van der Waals surface area contributed by atoms with Crippen molar-refractivity contribution >= 4 is 16.9 Å². The van der Waals surface area contributed by atoms with E-state index in [2.05, 4.69) is 20.4 Å². The van der Waals surface area contributed by atoms with Crippen LogP contribution in [0.4, 0.5) is 5.95 Å². The molecule has 0 bridgehead atoms. The van der Waals surface area contributed by atoms with E-state index < -0.39 is 0 Å². The molecule has 1 saturated carbocycles. The first-order valence-corrected chi connectivity index (χ1v) is 8.60. The van der Waals surface area contributed by atoms with Gasteiger partial charge in [-0.3, -0.25) is 0 Å². The van der Waals surface area contributed by atoms with Crippen molar-refractivity contribution in [3.63, 3.8) is 0 Å². The third-order valence-corrected chi connectivity index (χ3v) is 4.72. The van der Waals surface area contributed by atoms with Gasteiger partial charge in [-0.05, 0) is 24.5 Å². The van der Waals surface area contributed by atoms with Crippen LogP contribution in [0.1, 0.15) is 31.2 Å². The van der Waals surface area contributed by atoms with Gasteiger partial charge in [-0.1, -0.05) is 25.0 Å². The number of fused-ring (bicyclic) bond motifs is 1. The van der Waals surface area contributed by atoms with Gasteiger partial charge in [0.1, 0.15) is 0 Å². The molecule has 2 heterocycles. The highest BCUT2D eigenvalue weighted by Gasteiger charge is 2.23. The van der Waals surface area contributed by atoms with E-state index in [1.54, 1.807) is 23.1 Å². The Bertz CT molecular complexity index is 879. The smallest absolute Gasteiger partial charge is 0.224 e. The summed E-state index contributed by atoms with van der Waals surface area (Å²) in [6.07, 6.45) is 6.98. The van der Waals surface area contributed by atoms with Crippen molar-refractivity contribution in [2.75, 3.05) is 5.32 Å². The first-order valence-electron chi connectivity index (χ1n) is 8.60. The molecule has 3 N–H and O–H groups in total. The van der Waals surface area contributed by atoms with Crippen molar-refractivity contribution < 1.29 is 10.2 Å². The minimum atomic E-state index is -0.362. The number of aliphatic hydroxyl groups excluding tert-OH is 2. The molecule has 7 nitrogen and oxygen atoms in total. The van der Waals surface area contributed by atoms with Gasteiger partial charge in [0, 0.05) is 17.6 Å². The van der Waals surface area contributed by atoms with Crippen LogP contribution in [0.5, 0.6) is 0 Å². The highest BCUT2D eigenvalue weighted by molar-refractivity contribution is 5.80. The quantitative estimate of drug-likeness (QED) is 0.673. The van der Waals surface area contributed by atoms with Crippen LogP contribution in [0, 0.1) is 0 Å². The van der Waals surface area contributed by atoms with Gasteiger partial charge in [0.25, 0.3) is 0 Å². The zero-order valence-electron chi connectivity index (χ0n) is 13.8. The van der Waals surface area contributed by atoms with Crippen LogP contribution in [-0.4, -0.2) is 42.1 Å². The average molecular weight is 339 g/mol. The van der Waals surface area contributed by atoms with Gasteiger partial charge in [0.05, 0.1) is 30.5 Å². The highest BCUT2D eigenvalue weighted by atomic mass is 16.3. The minimum absolute atomic E-state index is 0.0145. The molecule has 0 unspecified atom stereocenters. The van der Waals surface area contributed by atoms with Gasteiger partial charge in [0.2, 0.25) is 5.95 Å². The molecular formula is C18H21N5O2. The normalized spacial score (nSPS) is 20.7. The van der Waals surface area contributed by atoms with Crippen molar-refractivity contribution in [1.82, 2.24) is 19.7 Å². The summed E-state index contributed by atoms with van der Waals surface area (Å²) < 4.78 is 1.73. The van der Waals surface area contributed by atoms with E-state index in [0.29, 0.717) is 11.8 Å². The van der Waals surface area contributed by atoms with Gasteiger partial charge in [-0.15, -0.1) is 0 Å². The molecule has 0 spiro atoms. The lowest BCUT2D eigenvalue weighted by Crippen LogP contribution is -2.36. The fraction of sp³-hybridized carbons (Fsp3) is 0.389. The Balaban J connectivity index is 1.65. The first-order chi connectivity index (χ1) is 12.2. The third kappa shape index (κ3) is 3.20. The maximum absolute atomic E-state index is 10.1. The van der Waals surface area contributed by atoms with E-state index in [4.69, 9.17) is 0 Å². The molecule has 1 aromatic carbocycles. The third-order valence-electron chi connectivity index (χ3n) is 4.72. The number of hydrogen-bond donors (Lipinski definition) is 3. The molecule has 0 saturated heterocycles. The maximum Gasteiger partial charge on any atom is 0.224 e. The summed E-state index contributed by atoms with van der Waals surface area (Å²) in [6, 6.07) is 7.50. The molecule has 7 heteroatoms. The summed E-state index contributed by atoms with van der Waals surface area (Å²) in [6.45, 7) is -0.0166. The Morgan fingerprint density at radius 1 is 1.20 bits per heavy atom. The van der Waals surface area contributed by atoms with Gasteiger partial charge in [-0.25, -0.2) is 9.67 Å². The standard InChI is InChI=1S/C18H21N5O2/c24-11-12-5-6-13-10-20-23(15(13)9-12)17-7-8-19-18(22-17)21-14-3-1-2-4-16(14)25/h5-10,14,16,24-25H,1-4,11H2,(H,19,21,22)/t14-,16-/m1/s1. The highest BCUT2D eigenvalue weighted by Crippen LogP contribution is 2.22. The van der Waals surface area contributed by atoms with Crippen LogP contribution in [0.2, 0.25) is 0 Å². The van der Waals surface area contributed by atoms with Crippen LogP contribution in [-0.2, 0) is 6.61 Å². The Labute approximate surface area is 145 Å². The fourth-order valence-electron chi connectivity index (χ4n) is 3.33. The predicted molar refractivity (Wildman–Crippen MR) is 94.5 cm³/mol. The number of anilines is 1. The zero-order chi connectivity index (χ0) is 17.2. The predicted octanol–water partition coefficient (Wildman–Crippen LogP) is 2.02. The lowest BCUT2D eigenvalue weighted by atomic mass is 9.93. The number of benzene rings is 1. The van der Waals surface area contributed by atoms with Crippen LogP contribution in [0.3, 0.4) is 0 Å². The van der Waals surface area contributed by atoms with Crippen molar-refractivity contribution in [2.45, 2.75) is 44.4 Å². The average Bonchev–Trinajstić information content (AvgIpc) is 3.07. The molecule has 2 atom stereocenters. The van der Waals surface area contributed by atoms with Gasteiger partial charge < -0.3 is 15.5 Å². The summed E-state index contributed by atoms with van der Waals surface area (Å²) in [4.78, 5) is 8.83. The molecular weight excluding hydrogens is 318 g/mol. The van der Waals surface area contributed by atoms with Crippen molar-refractivity contribution in [3.05, 3.63) is 42.2 Å². The second kappa shape index (κ2) is 6.78. The SMILES string of the molecule is OCc1ccc2cnn(-c3ccnc(N[C@@H]4CCCC[C@H]4O)n3)c2c1.